The van der Waals surface area contributed by atoms with Gasteiger partial charge in [-0.25, -0.2) is 0 Å². The minimum absolute atomic E-state index is 0. The summed E-state index contributed by atoms with van der Waals surface area (Å²) in [6.45, 7) is 21.2. The van der Waals surface area contributed by atoms with Crippen LogP contribution < -0.4 is 37.2 Å². The molecule has 0 fully saturated rings. The maximum absolute atomic E-state index is 6.49. The van der Waals surface area contributed by atoms with Crippen LogP contribution in [0.2, 0.25) is 0 Å². The minimum Gasteiger partial charge on any atom is -0.435 e. The van der Waals surface area contributed by atoms with E-state index in [0.717, 1.165) is 23.0 Å². The summed E-state index contributed by atoms with van der Waals surface area (Å²) in [6.07, 6.45) is 6.71. The van der Waals surface area contributed by atoms with Gasteiger partial charge in [0.15, 0.2) is 18.6 Å². The van der Waals surface area contributed by atoms with E-state index in [2.05, 4.69) is 377 Å². The number of fused-ring (bicyclic) bond motifs is 24. The first-order valence-electron chi connectivity index (χ1n) is 42.3. The molecule has 124 heavy (non-hydrogen) atoms. The van der Waals surface area contributed by atoms with Crippen LogP contribution in [0.3, 0.4) is 0 Å². The molecule has 4 aliphatic heterocycles. The Balaban J connectivity index is 0.0000000978. The molecule has 0 saturated carbocycles. The summed E-state index contributed by atoms with van der Waals surface area (Å²) in [5, 5.41) is 32.2. The highest BCUT2D eigenvalue weighted by Gasteiger charge is 2.53. The fourth-order valence-electron chi connectivity index (χ4n) is 23.2. The van der Waals surface area contributed by atoms with E-state index in [9.17, 15) is 0 Å². The fraction of sp³-hybridized carbons (Fsp3) is 0.172. The van der Waals surface area contributed by atoms with Gasteiger partial charge in [-0.2, -0.15) is 18.3 Å². The fourth-order valence-corrected chi connectivity index (χ4v) is 23.2. The first-order chi connectivity index (χ1) is 58.5. The Morgan fingerprint density at radius 1 is 0.234 bits per heavy atom. The van der Waals surface area contributed by atoms with Crippen molar-refractivity contribution in [1.82, 2.24) is 0 Å². The molecule has 17 aromatic carbocycles. The first kappa shape index (κ1) is 76.1. The lowest BCUT2D eigenvalue weighted by Crippen LogP contribution is -2.42. The largest absolute Gasteiger partial charge is 0.435 e. The van der Waals surface area contributed by atoms with Crippen molar-refractivity contribution in [1.29, 1.82) is 0 Å². The molecular weight excluding hydrogens is 1510 g/mol. The standard InChI is InChI=1S/2C31H22NO.C27H20NO.C23H18NO.4CH4/c1-31(2)28-25-20(13-11-18-7-3-5-9-22(18)25)15-24-27(28)30-29(31)26-21(16-32(30)17-33-24)14-12-19-8-4-6-10-23(19)26;1-31(2)28-23-14-13-18-7-3-5-9-21(18)24(23)16-32-17-33-25-15-20-12-11-19-8-4-6-10-22(19)26(20)29(31)27(25)30(28)32;1-27(2)21-14-19-11-16-7-3-4-8-17(16)12-20(19)26-24(21)25-22(27)13-18-9-5-6-10-23(18)28(25)15-29-26;1-23(2)18-8-5-9-24-13-25-22-17-11-15-7-4-3-6-14(15)10-16(17)12-19(23)20(22)21(18)24;;;;/h2*3-16H,17H2,1-2H3;3-14H,15H2,1-2H3;3-12H,13H2,1-2H3;4*1H4/q4*+1;;;;. The number of rotatable bonds is 0. The normalized spacial score (nSPS) is 15.1. The van der Waals surface area contributed by atoms with E-state index in [4.69, 9.17) is 18.9 Å². The molecule has 4 aliphatic carbocycles. The lowest BCUT2D eigenvalue weighted by Gasteiger charge is -2.24. The van der Waals surface area contributed by atoms with Crippen molar-refractivity contribution < 1.29 is 37.2 Å². The molecule has 0 bridgehead atoms. The summed E-state index contributed by atoms with van der Waals surface area (Å²) in [5.41, 5.74) is 22.5. The van der Waals surface area contributed by atoms with Gasteiger partial charge in [0, 0.05) is 83.0 Å². The number of ether oxygens (including phenoxy) is 4. The summed E-state index contributed by atoms with van der Waals surface area (Å²) < 4.78 is 34.8. The third-order valence-electron chi connectivity index (χ3n) is 28.7. The zero-order chi connectivity index (χ0) is 79.9. The van der Waals surface area contributed by atoms with Crippen molar-refractivity contribution in [2.75, 3.05) is 0 Å². The molecular formula is C116H98N4O4+4. The van der Waals surface area contributed by atoms with Crippen LogP contribution in [0.25, 0.3) is 185 Å². The summed E-state index contributed by atoms with van der Waals surface area (Å²) in [6, 6.07) is 104. The number of hydrogen-bond donors (Lipinski definition) is 0. The number of nitrogens with zero attached hydrogens (tertiary/aromatic N) is 4. The zero-order valence-electron chi connectivity index (χ0n) is 68.1. The third-order valence-corrected chi connectivity index (χ3v) is 28.7. The Bertz CT molecular complexity index is 8240. The minimum atomic E-state index is -0.165. The van der Waals surface area contributed by atoms with Gasteiger partial charge >= 0.3 is 0 Å². The third kappa shape index (κ3) is 10.1. The molecule has 29 rings (SSSR count). The molecule has 4 aromatic heterocycles. The van der Waals surface area contributed by atoms with E-state index in [0.29, 0.717) is 26.9 Å². The lowest BCUT2D eigenvalue weighted by molar-refractivity contribution is -0.717. The van der Waals surface area contributed by atoms with Gasteiger partial charge in [-0.05, 0) is 197 Å². The second-order valence-corrected chi connectivity index (χ2v) is 36.5. The predicted molar refractivity (Wildman–Crippen MR) is 514 cm³/mol. The Hall–Kier alpha value is -14.1. The molecule has 8 aliphatic rings. The average Bonchev–Trinajstić information content (AvgIpc) is 1.55. The molecule has 0 atom stereocenters. The topological polar surface area (TPSA) is 52.4 Å². The highest BCUT2D eigenvalue weighted by molar-refractivity contribution is 6.20. The second kappa shape index (κ2) is 26.7. The van der Waals surface area contributed by atoms with Gasteiger partial charge in [0.1, 0.15) is 23.0 Å². The Labute approximate surface area is 722 Å². The molecule has 602 valence electrons. The van der Waals surface area contributed by atoms with Crippen LogP contribution in [0.5, 0.6) is 23.0 Å². The smallest absolute Gasteiger partial charge is 0.293 e. The van der Waals surface area contributed by atoms with E-state index >= 15 is 0 Å². The van der Waals surface area contributed by atoms with Crippen molar-refractivity contribution in [3.63, 3.8) is 0 Å². The van der Waals surface area contributed by atoms with E-state index in [-0.39, 0.29) is 51.4 Å². The Morgan fingerprint density at radius 2 is 0.637 bits per heavy atom. The summed E-state index contributed by atoms with van der Waals surface area (Å²) in [5.74, 6) is 4.13. The molecule has 0 unspecified atom stereocenters. The summed E-state index contributed by atoms with van der Waals surface area (Å²) in [7, 11) is 0. The lowest BCUT2D eigenvalue weighted by atomic mass is 9.77. The predicted octanol–water partition coefficient (Wildman–Crippen LogP) is 28.1. The number of pyridine rings is 4. The van der Waals surface area contributed by atoms with Gasteiger partial charge in [-0.3, -0.25) is 0 Å². The van der Waals surface area contributed by atoms with E-state index in [1.807, 2.05) is 0 Å². The molecule has 0 amide bonds. The van der Waals surface area contributed by atoms with Crippen molar-refractivity contribution >= 4 is 140 Å². The van der Waals surface area contributed by atoms with Crippen LogP contribution in [-0.4, -0.2) is 0 Å². The molecule has 0 N–H and O–H groups in total. The van der Waals surface area contributed by atoms with Gasteiger partial charge in [0.05, 0.1) is 27.6 Å². The van der Waals surface area contributed by atoms with Crippen molar-refractivity contribution in [2.45, 2.75) is 134 Å². The van der Waals surface area contributed by atoms with Crippen LogP contribution in [0, 0.1) is 0 Å². The quantitative estimate of drug-likeness (QED) is 0.0862. The number of hydrogen-bond acceptors (Lipinski definition) is 4. The second-order valence-electron chi connectivity index (χ2n) is 36.5. The van der Waals surface area contributed by atoms with Crippen LogP contribution in [-0.2, 0) is 48.6 Å². The highest BCUT2D eigenvalue weighted by atomic mass is 16.5. The molecule has 8 heterocycles. The van der Waals surface area contributed by atoms with Gasteiger partial charge in [0.2, 0.25) is 28.3 Å². The van der Waals surface area contributed by atoms with E-state index in [1.54, 1.807) is 0 Å². The van der Waals surface area contributed by atoms with Gasteiger partial charge in [-0.1, -0.05) is 285 Å². The molecule has 21 aromatic rings. The van der Waals surface area contributed by atoms with Crippen LogP contribution >= 0.6 is 0 Å². The maximum Gasteiger partial charge on any atom is 0.293 e. The zero-order valence-corrected chi connectivity index (χ0v) is 68.1. The van der Waals surface area contributed by atoms with E-state index in [1.165, 1.54) is 230 Å². The SMILES string of the molecule is C.C.C.C.CC1(C)c2c3[n+](cc4c2ccc2ccccc24)COc2cc4ccc5ccccc5c4c1c2-3.CC1(C)c2c3c(cc4ccc5ccccc5c24)OC[n+]2cc4ccc5ccccc5c4c1c2-3.CC1(C)c2cc3cc4ccccc4cc3c3c2-c2c1cc1ccccc1[n+]2CO3.CC1(C)c2cc3cc4ccccc4cc3c3c2-c2c1ccc[n+]2CO3. The molecule has 8 nitrogen and oxygen atoms in total. The van der Waals surface area contributed by atoms with Gasteiger partial charge < -0.3 is 18.9 Å². The maximum atomic E-state index is 6.49. The molecule has 8 heteroatoms. The number of benzene rings is 17. The Morgan fingerprint density at radius 3 is 1.19 bits per heavy atom. The van der Waals surface area contributed by atoms with Crippen LogP contribution in [0.15, 0.2) is 304 Å². The molecule has 0 radical (unpaired) electrons. The van der Waals surface area contributed by atoms with Crippen LogP contribution in [0.1, 0.15) is 130 Å². The van der Waals surface area contributed by atoms with Crippen molar-refractivity contribution in [3.05, 3.63) is 348 Å². The van der Waals surface area contributed by atoms with Gasteiger partial charge in [0.25, 0.3) is 26.9 Å². The van der Waals surface area contributed by atoms with Gasteiger partial charge in [-0.15, -0.1) is 0 Å². The highest BCUT2D eigenvalue weighted by Crippen LogP contribution is 2.62. The van der Waals surface area contributed by atoms with E-state index < -0.39 is 0 Å². The Kier molecular flexibility index (Phi) is 16.4. The van der Waals surface area contributed by atoms with Crippen molar-refractivity contribution in [3.8, 4) is 68.0 Å². The first-order valence-corrected chi connectivity index (χ1v) is 42.3. The number of para-hydroxylation sites is 1. The summed E-state index contributed by atoms with van der Waals surface area (Å²) in [4.78, 5) is 0. The summed E-state index contributed by atoms with van der Waals surface area (Å²) >= 11 is 0. The van der Waals surface area contributed by atoms with Crippen molar-refractivity contribution in [2.24, 2.45) is 0 Å². The van der Waals surface area contributed by atoms with Crippen LogP contribution in [0.4, 0.5) is 0 Å². The average molecular weight is 1610 g/mol. The monoisotopic (exact) mass is 1610 g/mol. The molecule has 0 spiro atoms. The molecule has 0 saturated heterocycles. The number of aromatic nitrogens is 4.